The van der Waals surface area contributed by atoms with Gasteiger partial charge in [-0.2, -0.15) is 0 Å². The Labute approximate surface area is 533 Å². The number of hydrogen-bond donors (Lipinski definition) is 3. The molecule has 0 aromatic rings. The van der Waals surface area contributed by atoms with Gasteiger partial charge in [-0.25, -0.2) is 0 Å². The van der Waals surface area contributed by atoms with Crippen LogP contribution in [0.15, 0.2) is 12.2 Å². The fraction of sp³-hybridized carbons (Fsp3) is 0.791. The maximum atomic E-state index is 15.3. The zero-order chi connectivity index (χ0) is 69.0. The topological polar surface area (TPSA) is 280 Å². The Balaban J connectivity index is 4.35. The number of nitrogens with zero attached hydrogens (tertiary/aromatic N) is 7. The molecule has 12 atom stereocenters. The number of carbonyl (C=O) groups is 12. The summed E-state index contributed by atoms with van der Waals surface area (Å²) in [6, 6.07) is -8.38. The van der Waals surface area contributed by atoms with Crippen LogP contribution in [-0.4, -0.2) is 219 Å². The number of likely N-dealkylation sites (N-methyl/N-ethyl adjacent to an activating group) is 7. The fourth-order valence-corrected chi connectivity index (χ4v) is 11.8. The highest BCUT2D eigenvalue weighted by Gasteiger charge is 2.45. The summed E-state index contributed by atoms with van der Waals surface area (Å²) in [7, 11) is 10.1. The minimum atomic E-state index is -1.59. The Morgan fingerprint density at radius 2 is 0.955 bits per heavy atom. The summed E-state index contributed by atoms with van der Waals surface area (Å²) in [6.45, 7) is 27.9. The maximum absolute atomic E-state index is 15.3. The van der Waals surface area contributed by atoms with E-state index in [0.29, 0.717) is 0 Å². The van der Waals surface area contributed by atoms with E-state index < -0.39 is 167 Å². The summed E-state index contributed by atoms with van der Waals surface area (Å²) in [5.74, 6) is -12.5. The summed E-state index contributed by atoms with van der Waals surface area (Å²) in [4.78, 5) is 181. The number of hydrogen-bond acceptors (Lipinski definition) is 13. The van der Waals surface area contributed by atoms with Crippen molar-refractivity contribution in [3.05, 3.63) is 12.2 Å². The first kappa shape index (κ1) is 81.0. The summed E-state index contributed by atoms with van der Waals surface area (Å²) in [5.41, 5.74) is 0. The first-order chi connectivity index (χ1) is 41.1. The number of carbonyl (C=O) groups excluding carboxylic acids is 11. The van der Waals surface area contributed by atoms with E-state index in [4.69, 9.17) is 0 Å². The second-order valence-electron chi connectivity index (χ2n) is 27.9. The molecule has 0 saturated carbocycles. The van der Waals surface area contributed by atoms with Crippen molar-refractivity contribution in [3.63, 3.8) is 0 Å². The highest BCUT2D eigenvalue weighted by atomic mass is 16.4. The van der Waals surface area contributed by atoms with Crippen LogP contribution in [-0.2, 0) is 57.5 Å². The molecule has 1 aliphatic heterocycles. The molecule has 0 unspecified atom stereocenters. The predicted molar refractivity (Wildman–Crippen MR) is 343 cm³/mol. The first-order valence-electron chi connectivity index (χ1n) is 32.3. The van der Waals surface area contributed by atoms with Crippen LogP contribution in [0.4, 0.5) is 0 Å². The van der Waals surface area contributed by atoms with Crippen LogP contribution in [0.5, 0.6) is 0 Å². The predicted octanol–water partition coefficient (Wildman–Crippen LogP) is 6.39. The molecule has 22 heteroatoms. The highest BCUT2D eigenvalue weighted by Crippen LogP contribution is 2.29. The molecule has 89 heavy (non-hydrogen) atoms. The van der Waals surface area contributed by atoms with Crippen LogP contribution < -0.4 is 5.32 Å². The largest absolute Gasteiger partial charge is 0.481 e. The maximum Gasteiger partial charge on any atom is 0.303 e. The van der Waals surface area contributed by atoms with Crippen molar-refractivity contribution in [3.8, 4) is 0 Å². The minimum absolute atomic E-state index is 0.0789. The van der Waals surface area contributed by atoms with E-state index in [1.54, 1.807) is 60.6 Å². The molecule has 0 aromatic heterocycles. The number of Topliss-reactive ketones (excluding diaryl/α,β-unsaturated/α-hetero) is 3. The number of nitrogens with one attached hydrogen (secondary N) is 1. The molecule has 1 aliphatic rings. The molecular weight excluding hydrogens is 1140 g/mol. The number of aliphatic hydroxyl groups is 1. The second-order valence-corrected chi connectivity index (χ2v) is 27.9. The molecular formula is C67H116N8O14. The molecule has 1 saturated heterocycles. The number of carboxylic acid groups (broad SMARTS) is 1. The van der Waals surface area contributed by atoms with E-state index in [0.717, 1.165) is 4.90 Å². The van der Waals surface area contributed by atoms with Gasteiger partial charge in [0.1, 0.15) is 30.2 Å². The van der Waals surface area contributed by atoms with Crippen molar-refractivity contribution in [2.75, 3.05) is 55.9 Å². The van der Waals surface area contributed by atoms with Crippen molar-refractivity contribution < 1.29 is 67.7 Å². The van der Waals surface area contributed by atoms with Gasteiger partial charge in [0.15, 0.2) is 17.3 Å². The zero-order valence-corrected chi connectivity index (χ0v) is 58.5. The van der Waals surface area contributed by atoms with Gasteiger partial charge in [-0.05, 0) is 93.3 Å². The van der Waals surface area contributed by atoms with Crippen LogP contribution in [0.3, 0.4) is 0 Å². The van der Waals surface area contributed by atoms with Crippen LogP contribution in [0.25, 0.3) is 0 Å². The van der Waals surface area contributed by atoms with Crippen molar-refractivity contribution in [2.45, 2.75) is 230 Å². The third-order valence-electron chi connectivity index (χ3n) is 17.5. The number of aliphatic carboxylic acids is 1. The Hall–Kier alpha value is -6.06. The lowest BCUT2D eigenvalue weighted by atomic mass is 9.84. The zero-order valence-electron chi connectivity index (χ0n) is 58.5. The fourth-order valence-electron chi connectivity index (χ4n) is 11.8. The van der Waals surface area contributed by atoms with Gasteiger partial charge in [-0.15, -0.1) is 0 Å². The molecule has 0 bridgehead atoms. The normalized spacial score (nSPS) is 26.4. The number of amides is 8. The summed E-state index contributed by atoms with van der Waals surface area (Å²) in [6.07, 6.45) is 1.81. The molecule has 22 nitrogen and oxygen atoms in total. The van der Waals surface area contributed by atoms with Gasteiger partial charge in [-0.1, -0.05) is 116 Å². The van der Waals surface area contributed by atoms with Gasteiger partial charge >= 0.3 is 5.97 Å². The van der Waals surface area contributed by atoms with E-state index in [2.05, 4.69) is 5.32 Å². The third-order valence-corrected chi connectivity index (χ3v) is 17.5. The van der Waals surface area contributed by atoms with Crippen LogP contribution >= 0.6 is 0 Å². The number of aliphatic hydroxyl groups excluding tert-OH is 1. The van der Waals surface area contributed by atoms with Crippen molar-refractivity contribution in [2.24, 2.45) is 59.2 Å². The van der Waals surface area contributed by atoms with Gasteiger partial charge in [-0.3, -0.25) is 57.5 Å². The Morgan fingerprint density at radius 3 is 1.42 bits per heavy atom. The number of allylic oxidation sites excluding steroid dienone is 2. The van der Waals surface area contributed by atoms with Gasteiger partial charge in [0.2, 0.25) is 47.3 Å². The van der Waals surface area contributed by atoms with Gasteiger partial charge in [0, 0.05) is 92.8 Å². The minimum Gasteiger partial charge on any atom is -0.481 e. The SMILES string of the molecule is CC[C@@H]1CC(=O)[C@H]([C@H](O)[C@H](C)C/C=C/CCC(=O)O)N(C)C(=O)[C@H](C(C)C)N(C)C(=O)[C@H](CC(C)C)N(C)C(=O)[C@H](CC(C)C)N(C)C(=O)[C@@H](C)NC(=O)[C@H](C)CC(=O)[C@H](CC(C)C)N(C)C(=O)[C@H](C(C)C)CC(=O)[C@H](CC(C)C)N(C)C(=O)CN(C)C1=O. The van der Waals surface area contributed by atoms with Crippen LogP contribution in [0, 0.1) is 59.2 Å². The molecule has 0 aromatic carbocycles. The number of carboxylic acids is 1. The van der Waals surface area contributed by atoms with Crippen molar-refractivity contribution in [1.82, 2.24) is 39.6 Å². The average Bonchev–Trinajstić information content (AvgIpc) is 0.957. The molecule has 3 N–H and O–H groups in total. The van der Waals surface area contributed by atoms with E-state index in [-0.39, 0.29) is 87.9 Å². The Bertz CT molecular complexity index is 2460. The lowest BCUT2D eigenvalue weighted by Crippen LogP contribution is -2.61. The summed E-state index contributed by atoms with van der Waals surface area (Å²) < 4.78 is 0. The van der Waals surface area contributed by atoms with Crippen molar-refractivity contribution >= 4 is 70.6 Å². The lowest BCUT2D eigenvalue weighted by molar-refractivity contribution is -0.157. The van der Waals surface area contributed by atoms with Gasteiger partial charge < -0.3 is 49.8 Å². The monoisotopic (exact) mass is 1260 g/mol. The first-order valence-corrected chi connectivity index (χ1v) is 32.3. The number of rotatable bonds is 18. The van der Waals surface area contributed by atoms with E-state index in [1.807, 2.05) is 55.4 Å². The van der Waals surface area contributed by atoms with E-state index >= 15 is 19.2 Å². The summed E-state index contributed by atoms with van der Waals surface area (Å²) >= 11 is 0. The quantitative estimate of drug-likeness (QED) is 0.126. The molecule has 0 spiro atoms. The molecule has 1 fully saturated rings. The highest BCUT2D eigenvalue weighted by molar-refractivity contribution is 5.99. The average molecular weight is 1260 g/mol. The molecule has 1 rings (SSSR count). The summed E-state index contributed by atoms with van der Waals surface area (Å²) in [5, 5.41) is 24.2. The van der Waals surface area contributed by atoms with Crippen LogP contribution in [0.1, 0.15) is 181 Å². The van der Waals surface area contributed by atoms with E-state index in [9.17, 15) is 48.6 Å². The smallest absolute Gasteiger partial charge is 0.303 e. The lowest BCUT2D eigenvalue weighted by Gasteiger charge is -2.41. The second kappa shape index (κ2) is 37.3. The van der Waals surface area contributed by atoms with Gasteiger partial charge in [0.25, 0.3) is 0 Å². The van der Waals surface area contributed by atoms with E-state index in [1.165, 1.54) is 85.7 Å². The molecule has 8 amide bonds. The molecule has 0 aliphatic carbocycles. The molecule has 0 radical (unpaired) electrons. The number of ketones is 3. The Kier molecular flexibility index (Phi) is 33.9. The molecule has 508 valence electrons. The standard InChI is InChI=1S/C67H116N8O14/c1-24-47-35-55(78)59(60(82)44(14)28-26-25-27-29-57(80)81)75(23)67(89)58(43(12)13)74(22)66(88)52(33-41(8)9)73(21)65(87)51(32-40(6)7)72(20)62(84)46(16)68-61(83)45(15)34-53(76)50(31-39(4)5)71(19)64(86)48(42(10)11)36-54(77)49(30-38(2)3)70(18)56(79)37-69(17)63(47)85/h25-26,38-52,58-60,82H,24,27-37H2,1-23H3,(H,68,83)(H,80,81)/b26-25+/t44-,45-,46-,47-,48+,49+,50+,51+,52+,58+,59-,60-/m1/s1. The molecule has 1 heterocycles. The third kappa shape index (κ3) is 23.9. The van der Waals surface area contributed by atoms with Crippen LogP contribution in [0.2, 0.25) is 0 Å². The van der Waals surface area contributed by atoms with Gasteiger partial charge in [0.05, 0.1) is 24.7 Å². The van der Waals surface area contributed by atoms with Crippen molar-refractivity contribution in [1.29, 1.82) is 0 Å². The Morgan fingerprint density at radius 1 is 0.517 bits per heavy atom.